The first-order valence-corrected chi connectivity index (χ1v) is 6.81. The summed E-state index contributed by atoms with van der Waals surface area (Å²) in [6, 6.07) is -0.438. The summed E-state index contributed by atoms with van der Waals surface area (Å²) in [7, 11) is 1.38. The molecule has 1 atom stereocenters. The lowest BCUT2D eigenvalue weighted by atomic mass is 10.0. The van der Waals surface area contributed by atoms with E-state index in [-0.39, 0.29) is 11.9 Å². The van der Waals surface area contributed by atoms with Crippen LogP contribution in [0.1, 0.15) is 45.6 Å². The summed E-state index contributed by atoms with van der Waals surface area (Å²) in [6.45, 7) is 8.12. The first-order valence-electron chi connectivity index (χ1n) is 6.81. The van der Waals surface area contributed by atoms with E-state index in [0.717, 1.165) is 5.56 Å². The monoisotopic (exact) mass is 280 g/mol. The van der Waals surface area contributed by atoms with Gasteiger partial charge in [0.2, 0.25) is 0 Å². The molecule has 0 radical (unpaired) electrons. The standard InChI is InChI=1S/C14H24N4O2/c1-8(2)6-10(14(19)20-5)18-13-11(9(3)4)12(15)16-7-17-13/h7-10H,6H2,1-5H3,(H3,15,16,17,18). The van der Waals surface area contributed by atoms with E-state index in [9.17, 15) is 4.79 Å². The zero-order chi connectivity index (χ0) is 15.3. The van der Waals surface area contributed by atoms with Crippen LogP contribution in [-0.2, 0) is 9.53 Å². The number of carbonyl (C=O) groups excluding carboxylic acids is 1. The minimum atomic E-state index is -0.438. The molecule has 112 valence electrons. The Morgan fingerprint density at radius 3 is 2.50 bits per heavy atom. The van der Waals surface area contributed by atoms with Gasteiger partial charge >= 0.3 is 5.97 Å². The highest BCUT2D eigenvalue weighted by Gasteiger charge is 2.23. The predicted molar refractivity (Wildman–Crippen MR) is 79.4 cm³/mol. The molecule has 0 spiro atoms. The van der Waals surface area contributed by atoms with Crippen molar-refractivity contribution in [3.8, 4) is 0 Å². The fourth-order valence-electron chi connectivity index (χ4n) is 2.09. The van der Waals surface area contributed by atoms with Gasteiger partial charge in [-0.2, -0.15) is 0 Å². The number of anilines is 2. The molecule has 6 heteroatoms. The average molecular weight is 280 g/mol. The molecule has 1 rings (SSSR count). The van der Waals surface area contributed by atoms with Gasteiger partial charge in [-0.25, -0.2) is 14.8 Å². The summed E-state index contributed by atoms with van der Waals surface area (Å²) in [4.78, 5) is 20.1. The first kappa shape index (κ1) is 16.2. The van der Waals surface area contributed by atoms with Gasteiger partial charge in [0.15, 0.2) is 0 Å². The maximum atomic E-state index is 11.9. The highest BCUT2D eigenvalue weighted by Crippen LogP contribution is 2.27. The van der Waals surface area contributed by atoms with Crippen LogP contribution in [0.15, 0.2) is 6.33 Å². The number of esters is 1. The van der Waals surface area contributed by atoms with Crippen LogP contribution in [0.2, 0.25) is 0 Å². The molecule has 3 N–H and O–H groups in total. The number of nitrogen functional groups attached to an aromatic ring is 1. The van der Waals surface area contributed by atoms with Gasteiger partial charge in [-0.15, -0.1) is 0 Å². The van der Waals surface area contributed by atoms with Crippen molar-refractivity contribution in [1.29, 1.82) is 0 Å². The van der Waals surface area contributed by atoms with Crippen LogP contribution < -0.4 is 11.1 Å². The number of carbonyl (C=O) groups is 1. The Bertz CT molecular complexity index is 460. The molecule has 1 aromatic heterocycles. The molecule has 0 saturated heterocycles. The number of methoxy groups -OCH3 is 1. The minimum Gasteiger partial charge on any atom is -0.467 e. The highest BCUT2D eigenvalue weighted by atomic mass is 16.5. The molecule has 6 nitrogen and oxygen atoms in total. The predicted octanol–water partition coefficient (Wildman–Crippen LogP) is 2.18. The lowest BCUT2D eigenvalue weighted by Crippen LogP contribution is -2.33. The van der Waals surface area contributed by atoms with Crippen molar-refractivity contribution >= 4 is 17.6 Å². The van der Waals surface area contributed by atoms with E-state index in [2.05, 4.69) is 29.1 Å². The summed E-state index contributed by atoms with van der Waals surface area (Å²) in [6.07, 6.45) is 2.06. The Balaban J connectivity index is 3.04. The summed E-state index contributed by atoms with van der Waals surface area (Å²) >= 11 is 0. The average Bonchev–Trinajstić information content (AvgIpc) is 2.36. The van der Waals surface area contributed by atoms with Crippen molar-refractivity contribution in [3.05, 3.63) is 11.9 Å². The SMILES string of the molecule is COC(=O)C(CC(C)C)Nc1ncnc(N)c1C(C)C. The van der Waals surface area contributed by atoms with Crippen molar-refractivity contribution < 1.29 is 9.53 Å². The molecular formula is C14H24N4O2. The van der Waals surface area contributed by atoms with Crippen LogP contribution >= 0.6 is 0 Å². The molecule has 0 aliphatic carbocycles. The Kier molecular flexibility index (Phi) is 5.73. The lowest BCUT2D eigenvalue weighted by molar-refractivity contribution is -0.141. The number of hydrogen-bond donors (Lipinski definition) is 2. The Hall–Kier alpha value is -1.85. The van der Waals surface area contributed by atoms with Gasteiger partial charge in [0.25, 0.3) is 0 Å². The van der Waals surface area contributed by atoms with E-state index >= 15 is 0 Å². The van der Waals surface area contributed by atoms with Gasteiger partial charge in [-0.05, 0) is 18.3 Å². The summed E-state index contributed by atoms with van der Waals surface area (Å²) < 4.78 is 4.84. The zero-order valence-electron chi connectivity index (χ0n) is 12.8. The van der Waals surface area contributed by atoms with Crippen LogP contribution in [0.3, 0.4) is 0 Å². The van der Waals surface area contributed by atoms with Gasteiger partial charge < -0.3 is 15.8 Å². The van der Waals surface area contributed by atoms with E-state index in [1.54, 1.807) is 0 Å². The number of rotatable bonds is 6. The third-order valence-electron chi connectivity index (χ3n) is 3.00. The van der Waals surface area contributed by atoms with Crippen molar-refractivity contribution in [2.24, 2.45) is 5.92 Å². The highest BCUT2D eigenvalue weighted by molar-refractivity contribution is 5.79. The molecule has 0 fully saturated rings. The van der Waals surface area contributed by atoms with Crippen LogP contribution in [0.5, 0.6) is 0 Å². The number of hydrogen-bond acceptors (Lipinski definition) is 6. The number of nitrogens with one attached hydrogen (secondary N) is 1. The van der Waals surface area contributed by atoms with Gasteiger partial charge in [0.1, 0.15) is 24.0 Å². The molecule has 0 saturated carbocycles. The third-order valence-corrected chi connectivity index (χ3v) is 3.00. The molecule has 0 aromatic carbocycles. The lowest BCUT2D eigenvalue weighted by Gasteiger charge is -2.21. The summed E-state index contributed by atoms with van der Waals surface area (Å²) in [5.74, 6) is 1.25. The third kappa shape index (κ3) is 4.08. The van der Waals surface area contributed by atoms with Crippen LogP contribution in [-0.4, -0.2) is 29.1 Å². The smallest absolute Gasteiger partial charge is 0.328 e. The van der Waals surface area contributed by atoms with Gasteiger partial charge in [0.05, 0.1) is 7.11 Å². The maximum Gasteiger partial charge on any atom is 0.328 e. The molecule has 1 unspecified atom stereocenters. The van der Waals surface area contributed by atoms with Crippen LogP contribution in [0, 0.1) is 5.92 Å². The molecular weight excluding hydrogens is 256 g/mol. The molecule has 1 heterocycles. The van der Waals surface area contributed by atoms with Gasteiger partial charge in [-0.1, -0.05) is 27.7 Å². The van der Waals surface area contributed by atoms with Crippen molar-refractivity contribution in [3.63, 3.8) is 0 Å². The fourth-order valence-corrected chi connectivity index (χ4v) is 2.09. The molecule has 0 bridgehead atoms. The first-order chi connectivity index (χ1) is 9.36. The Morgan fingerprint density at radius 1 is 1.35 bits per heavy atom. The van der Waals surface area contributed by atoms with E-state index < -0.39 is 6.04 Å². The maximum absolute atomic E-state index is 11.9. The Labute approximate surface area is 120 Å². The number of nitrogens with two attached hydrogens (primary N) is 1. The van der Waals surface area contributed by atoms with E-state index in [1.165, 1.54) is 13.4 Å². The van der Waals surface area contributed by atoms with Crippen molar-refractivity contribution in [2.75, 3.05) is 18.2 Å². The fraction of sp³-hybridized carbons (Fsp3) is 0.643. The van der Waals surface area contributed by atoms with Crippen LogP contribution in [0.25, 0.3) is 0 Å². The second kappa shape index (κ2) is 7.07. The van der Waals surface area contributed by atoms with Gasteiger partial charge in [-0.3, -0.25) is 0 Å². The molecule has 0 amide bonds. The molecule has 0 aliphatic heterocycles. The second-order valence-electron chi connectivity index (χ2n) is 5.53. The Morgan fingerprint density at radius 2 is 2.00 bits per heavy atom. The molecule has 1 aromatic rings. The van der Waals surface area contributed by atoms with Crippen LogP contribution in [0.4, 0.5) is 11.6 Å². The normalized spacial score (nSPS) is 12.6. The summed E-state index contributed by atoms with van der Waals surface area (Å²) in [5.41, 5.74) is 6.72. The topological polar surface area (TPSA) is 90.1 Å². The number of ether oxygens (including phenoxy) is 1. The zero-order valence-corrected chi connectivity index (χ0v) is 12.8. The minimum absolute atomic E-state index is 0.163. The van der Waals surface area contributed by atoms with Gasteiger partial charge in [0, 0.05) is 5.56 Å². The van der Waals surface area contributed by atoms with Crippen molar-refractivity contribution in [1.82, 2.24) is 9.97 Å². The molecule has 0 aliphatic rings. The largest absolute Gasteiger partial charge is 0.467 e. The number of nitrogens with zero attached hydrogens (tertiary/aromatic N) is 2. The number of aromatic nitrogens is 2. The van der Waals surface area contributed by atoms with Crippen molar-refractivity contribution in [2.45, 2.75) is 46.1 Å². The van der Waals surface area contributed by atoms with E-state index in [4.69, 9.17) is 10.5 Å². The van der Waals surface area contributed by atoms with E-state index in [0.29, 0.717) is 24.0 Å². The molecule has 20 heavy (non-hydrogen) atoms. The summed E-state index contributed by atoms with van der Waals surface area (Å²) in [5, 5.41) is 3.15. The second-order valence-corrected chi connectivity index (χ2v) is 5.53. The quantitative estimate of drug-likeness (QED) is 0.776. The van der Waals surface area contributed by atoms with E-state index in [1.807, 2.05) is 13.8 Å².